The third-order valence-electron chi connectivity index (χ3n) is 10.1. The molecule has 0 bridgehead atoms. The molecule has 0 fully saturated rings. The standard InChI is InChI=1S/C47H28N2O3/c1-2-12-29(13-3-1)32-15-6-8-19-37(32)49(38-20-11-23-41-45(38)34-17-7-9-21-39(34)50-41)31-25-26-35-43(28-31)51-40-22-10-18-36(44(35)40)47-48-46-33-16-5-4-14-30(33)24-27-42(46)52-47/h1-28H. The average Bonchev–Trinajstić information content (AvgIpc) is 3.92. The van der Waals surface area contributed by atoms with E-state index in [9.17, 15) is 0 Å². The fourth-order valence-corrected chi connectivity index (χ4v) is 7.79. The van der Waals surface area contributed by atoms with Crippen LogP contribution < -0.4 is 4.90 Å². The monoisotopic (exact) mass is 668 g/mol. The largest absolute Gasteiger partial charge is 0.456 e. The number of aromatic nitrogens is 1. The lowest BCUT2D eigenvalue weighted by atomic mass is 10.0. The van der Waals surface area contributed by atoms with E-state index in [4.69, 9.17) is 18.2 Å². The van der Waals surface area contributed by atoms with Gasteiger partial charge in [0.05, 0.1) is 16.8 Å². The zero-order valence-electron chi connectivity index (χ0n) is 27.8. The van der Waals surface area contributed by atoms with Gasteiger partial charge >= 0.3 is 0 Å². The molecule has 3 heterocycles. The summed E-state index contributed by atoms with van der Waals surface area (Å²) in [5.74, 6) is 0.570. The van der Waals surface area contributed by atoms with Crippen LogP contribution in [0.3, 0.4) is 0 Å². The summed E-state index contributed by atoms with van der Waals surface area (Å²) < 4.78 is 19.5. The quantitative estimate of drug-likeness (QED) is 0.183. The maximum Gasteiger partial charge on any atom is 0.228 e. The Kier molecular flexibility index (Phi) is 6.18. The maximum absolute atomic E-state index is 6.66. The minimum absolute atomic E-state index is 0.570. The summed E-state index contributed by atoms with van der Waals surface area (Å²) in [5, 5.41) is 6.28. The molecule has 244 valence electrons. The van der Waals surface area contributed by atoms with Crippen molar-refractivity contribution in [1.82, 2.24) is 4.98 Å². The summed E-state index contributed by atoms with van der Waals surface area (Å²) in [4.78, 5) is 7.36. The second-order valence-corrected chi connectivity index (χ2v) is 13.1. The summed E-state index contributed by atoms with van der Waals surface area (Å²) in [6.07, 6.45) is 0. The van der Waals surface area contributed by atoms with Crippen molar-refractivity contribution in [1.29, 1.82) is 0 Å². The van der Waals surface area contributed by atoms with Crippen molar-refractivity contribution in [3.8, 4) is 22.6 Å². The smallest absolute Gasteiger partial charge is 0.228 e. The third-order valence-corrected chi connectivity index (χ3v) is 10.1. The Morgan fingerprint density at radius 2 is 1.08 bits per heavy atom. The van der Waals surface area contributed by atoms with Crippen molar-refractivity contribution in [2.45, 2.75) is 0 Å². The predicted octanol–water partition coefficient (Wildman–Crippen LogP) is 13.6. The summed E-state index contributed by atoms with van der Waals surface area (Å²) in [5.41, 5.74) is 11.0. The van der Waals surface area contributed by atoms with Crippen molar-refractivity contribution in [2.24, 2.45) is 0 Å². The zero-order valence-corrected chi connectivity index (χ0v) is 27.8. The molecule has 0 aliphatic heterocycles. The molecule has 0 amide bonds. The minimum Gasteiger partial charge on any atom is -0.456 e. The Bertz CT molecular complexity index is 3150. The van der Waals surface area contributed by atoms with Crippen molar-refractivity contribution >= 4 is 82.8 Å². The molecule has 0 aliphatic carbocycles. The fraction of sp³-hybridized carbons (Fsp3) is 0. The molecule has 0 unspecified atom stereocenters. The Balaban J connectivity index is 1.14. The van der Waals surface area contributed by atoms with Crippen LogP contribution in [0.2, 0.25) is 0 Å². The van der Waals surface area contributed by atoms with Gasteiger partial charge in [-0.3, -0.25) is 0 Å². The van der Waals surface area contributed by atoms with Gasteiger partial charge in [0.1, 0.15) is 27.8 Å². The van der Waals surface area contributed by atoms with E-state index in [0.29, 0.717) is 5.89 Å². The predicted molar refractivity (Wildman–Crippen MR) is 212 cm³/mol. The fourth-order valence-electron chi connectivity index (χ4n) is 7.79. The highest BCUT2D eigenvalue weighted by molar-refractivity contribution is 6.16. The van der Waals surface area contributed by atoms with Crippen LogP contribution in [-0.4, -0.2) is 4.98 Å². The number of nitrogens with zero attached hydrogens (tertiary/aromatic N) is 2. The minimum atomic E-state index is 0.570. The second-order valence-electron chi connectivity index (χ2n) is 13.1. The molecule has 8 aromatic carbocycles. The summed E-state index contributed by atoms with van der Waals surface area (Å²) >= 11 is 0. The Morgan fingerprint density at radius 3 is 2.00 bits per heavy atom. The van der Waals surface area contributed by atoms with Gasteiger partial charge in [0.25, 0.3) is 0 Å². The third kappa shape index (κ3) is 4.33. The van der Waals surface area contributed by atoms with Gasteiger partial charge in [-0.05, 0) is 65.5 Å². The van der Waals surface area contributed by atoms with Crippen molar-refractivity contribution in [3.63, 3.8) is 0 Å². The first-order valence-corrected chi connectivity index (χ1v) is 17.4. The molecule has 0 atom stereocenters. The second kappa shape index (κ2) is 11.2. The van der Waals surface area contributed by atoms with Crippen LogP contribution in [0.25, 0.3) is 88.3 Å². The molecule has 3 aromatic heterocycles. The molecule has 11 aromatic rings. The van der Waals surface area contributed by atoms with E-state index in [2.05, 4.69) is 126 Å². The van der Waals surface area contributed by atoms with Crippen LogP contribution in [0, 0.1) is 0 Å². The molecule has 0 aliphatic rings. The number of hydrogen-bond donors (Lipinski definition) is 0. The number of benzene rings is 8. The van der Waals surface area contributed by atoms with Crippen molar-refractivity contribution in [3.05, 3.63) is 170 Å². The number of fused-ring (bicyclic) bond motifs is 9. The highest BCUT2D eigenvalue weighted by Gasteiger charge is 2.24. The normalized spacial score (nSPS) is 11.8. The molecule has 0 saturated heterocycles. The number of anilines is 3. The summed E-state index contributed by atoms with van der Waals surface area (Å²) in [7, 11) is 0. The van der Waals surface area contributed by atoms with Crippen LogP contribution in [0.1, 0.15) is 0 Å². The molecule has 52 heavy (non-hydrogen) atoms. The highest BCUT2D eigenvalue weighted by atomic mass is 16.4. The first-order chi connectivity index (χ1) is 25.8. The Labute approximate surface area is 297 Å². The number of rotatable bonds is 5. The van der Waals surface area contributed by atoms with Gasteiger partial charge in [-0.2, -0.15) is 0 Å². The number of hydrogen-bond acceptors (Lipinski definition) is 5. The maximum atomic E-state index is 6.66. The lowest BCUT2D eigenvalue weighted by Crippen LogP contribution is -2.11. The molecular formula is C47H28N2O3. The van der Waals surface area contributed by atoms with E-state index in [1.165, 1.54) is 0 Å². The zero-order chi connectivity index (χ0) is 34.2. The molecule has 0 spiro atoms. The van der Waals surface area contributed by atoms with Gasteiger partial charge in [-0.25, -0.2) is 4.98 Å². The number of oxazole rings is 1. The van der Waals surface area contributed by atoms with Gasteiger partial charge in [-0.1, -0.05) is 109 Å². The molecule has 5 nitrogen and oxygen atoms in total. The SMILES string of the molecule is c1ccc(-c2ccccc2N(c2ccc3c(c2)oc2cccc(-c4nc5c(ccc6ccccc65)o4)c23)c2cccc3oc4ccccc4c23)cc1. The van der Waals surface area contributed by atoms with Gasteiger partial charge in [0.15, 0.2) is 5.58 Å². The molecule has 0 saturated carbocycles. The van der Waals surface area contributed by atoms with Crippen molar-refractivity contribution < 1.29 is 13.3 Å². The molecule has 0 N–H and O–H groups in total. The van der Waals surface area contributed by atoms with E-state index in [-0.39, 0.29) is 0 Å². The molecule has 11 rings (SSSR count). The Morgan fingerprint density at radius 1 is 0.404 bits per heavy atom. The molecule has 5 heteroatoms. The van der Waals surface area contributed by atoms with Crippen LogP contribution >= 0.6 is 0 Å². The lowest BCUT2D eigenvalue weighted by molar-refractivity contribution is 0.620. The van der Waals surface area contributed by atoms with Crippen molar-refractivity contribution in [2.75, 3.05) is 4.90 Å². The highest BCUT2D eigenvalue weighted by Crippen LogP contribution is 2.47. The van der Waals surface area contributed by atoms with E-state index in [1.54, 1.807) is 0 Å². The van der Waals surface area contributed by atoms with Gasteiger partial charge in [0, 0.05) is 44.4 Å². The first-order valence-electron chi connectivity index (χ1n) is 17.4. The van der Waals surface area contributed by atoms with E-state index >= 15 is 0 Å². The van der Waals surface area contributed by atoms with Crippen LogP contribution in [0.5, 0.6) is 0 Å². The number of furan rings is 2. The van der Waals surface area contributed by atoms with Crippen LogP contribution in [0.4, 0.5) is 17.1 Å². The van der Waals surface area contributed by atoms with E-state index < -0.39 is 0 Å². The van der Waals surface area contributed by atoms with Gasteiger partial charge < -0.3 is 18.2 Å². The van der Waals surface area contributed by atoms with Gasteiger partial charge in [0.2, 0.25) is 5.89 Å². The topological polar surface area (TPSA) is 55.6 Å². The first kappa shape index (κ1) is 28.7. The summed E-state index contributed by atoms with van der Waals surface area (Å²) in [6, 6.07) is 58.5. The van der Waals surface area contributed by atoms with E-state index in [0.717, 1.165) is 99.5 Å². The number of para-hydroxylation sites is 2. The van der Waals surface area contributed by atoms with Crippen LogP contribution in [0.15, 0.2) is 183 Å². The lowest BCUT2D eigenvalue weighted by Gasteiger charge is -2.28. The molecular weight excluding hydrogens is 641 g/mol. The summed E-state index contributed by atoms with van der Waals surface area (Å²) in [6.45, 7) is 0. The molecule has 0 radical (unpaired) electrons. The average molecular weight is 669 g/mol. The van der Waals surface area contributed by atoms with Crippen LogP contribution in [-0.2, 0) is 0 Å². The Hall–Kier alpha value is -7.11. The van der Waals surface area contributed by atoms with Gasteiger partial charge in [-0.15, -0.1) is 0 Å². The van der Waals surface area contributed by atoms with E-state index in [1.807, 2.05) is 48.5 Å².